The van der Waals surface area contributed by atoms with Crippen molar-refractivity contribution >= 4 is 55.0 Å². The molecule has 0 unspecified atom stereocenters. The molecule has 5 rings (SSSR count). The van der Waals surface area contributed by atoms with Crippen LogP contribution in [0, 0.1) is 0 Å². The molecule has 0 fully saturated rings. The Morgan fingerprint density at radius 1 is 1.30 bits per heavy atom. The van der Waals surface area contributed by atoms with Gasteiger partial charge in [0.1, 0.15) is 9.53 Å². The number of fused-ring (bicyclic) bond motifs is 4. The zero-order chi connectivity index (χ0) is 21.0. The first kappa shape index (κ1) is 19.9. The number of pyridine rings is 1. The van der Waals surface area contributed by atoms with Crippen LogP contribution in [0.1, 0.15) is 37.1 Å². The van der Waals surface area contributed by atoms with Crippen molar-refractivity contribution in [3.63, 3.8) is 0 Å². The fraction of sp³-hybridized carbons (Fsp3) is 0.318. The maximum Gasteiger partial charge on any atom is 0.271 e. The van der Waals surface area contributed by atoms with Crippen LogP contribution in [0.4, 0.5) is 0 Å². The van der Waals surface area contributed by atoms with E-state index in [0.29, 0.717) is 33.4 Å². The summed E-state index contributed by atoms with van der Waals surface area (Å²) in [5.74, 6) is 0. The number of hydrogen-bond donors (Lipinski definition) is 0. The average Bonchev–Trinajstić information content (AvgIpc) is 3.08. The molecule has 0 radical (unpaired) electrons. The summed E-state index contributed by atoms with van der Waals surface area (Å²) in [6.07, 6.45) is 3.28. The minimum Gasteiger partial charge on any atom is -0.370 e. The van der Waals surface area contributed by atoms with Gasteiger partial charge in [-0.05, 0) is 37.1 Å². The molecule has 1 aliphatic heterocycles. The summed E-state index contributed by atoms with van der Waals surface area (Å²) in [4.78, 5) is 23.5. The standard InChI is InChI=1S/C22H19Cl2N3O2S/c1-3-22(2)8-17-13(10-29-22)6-15-18-19(30-20(15)26-17)21(28)27(11-25-18)9-12-4-5-14(23)7-16(12)24/h4-7,11H,3,8-10H2,1-2H3/t22-/m0/s1. The van der Waals surface area contributed by atoms with Gasteiger partial charge >= 0.3 is 0 Å². The lowest BCUT2D eigenvalue weighted by Crippen LogP contribution is -2.35. The summed E-state index contributed by atoms with van der Waals surface area (Å²) < 4.78 is 8.24. The van der Waals surface area contributed by atoms with Crippen molar-refractivity contribution in [2.75, 3.05) is 0 Å². The Labute approximate surface area is 187 Å². The largest absolute Gasteiger partial charge is 0.370 e. The van der Waals surface area contributed by atoms with E-state index in [1.54, 1.807) is 23.0 Å². The quantitative estimate of drug-likeness (QED) is 0.399. The molecule has 0 saturated carbocycles. The fourth-order valence-corrected chi connectivity index (χ4v) is 5.33. The molecule has 0 spiro atoms. The molecule has 8 heteroatoms. The van der Waals surface area contributed by atoms with Gasteiger partial charge in [0.2, 0.25) is 0 Å². The molecule has 5 nitrogen and oxygen atoms in total. The van der Waals surface area contributed by atoms with Crippen molar-refractivity contribution in [2.45, 2.75) is 45.4 Å². The fourth-order valence-electron chi connectivity index (χ4n) is 3.78. The normalized spacial score (nSPS) is 18.8. The zero-order valence-electron chi connectivity index (χ0n) is 16.5. The molecule has 3 aromatic heterocycles. The molecule has 0 N–H and O–H groups in total. The lowest BCUT2D eigenvalue weighted by molar-refractivity contribution is -0.0573. The highest BCUT2D eigenvalue weighted by molar-refractivity contribution is 7.25. The van der Waals surface area contributed by atoms with E-state index in [4.69, 9.17) is 32.9 Å². The van der Waals surface area contributed by atoms with Crippen molar-refractivity contribution in [1.82, 2.24) is 14.5 Å². The van der Waals surface area contributed by atoms with Gasteiger partial charge < -0.3 is 4.74 Å². The molecule has 4 aromatic rings. The smallest absolute Gasteiger partial charge is 0.271 e. The number of benzene rings is 1. The van der Waals surface area contributed by atoms with Crippen molar-refractivity contribution < 1.29 is 4.74 Å². The van der Waals surface area contributed by atoms with E-state index < -0.39 is 0 Å². The van der Waals surface area contributed by atoms with Crippen LogP contribution in [0.15, 0.2) is 35.4 Å². The molecule has 4 heterocycles. The molecule has 1 atom stereocenters. The van der Waals surface area contributed by atoms with Gasteiger partial charge in [0.25, 0.3) is 5.56 Å². The SMILES string of the molecule is CC[C@@]1(C)Cc2nc3sc4c(=O)n(Cc5ccc(Cl)cc5Cl)cnc4c3cc2CO1. The van der Waals surface area contributed by atoms with Crippen molar-refractivity contribution in [3.8, 4) is 0 Å². The second-order valence-corrected chi connectivity index (χ2v) is 9.75. The molecule has 1 aliphatic rings. The summed E-state index contributed by atoms with van der Waals surface area (Å²) in [5.41, 5.74) is 3.35. The predicted octanol–water partition coefficient (Wildman–Crippen LogP) is 5.60. The number of halogens is 2. The Hall–Kier alpha value is -1.99. The van der Waals surface area contributed by atoms with Crippen LogP contribution in [-0.2, 0) is 24.3 Å². The summed E-state index contributed by atoms with van der Waals surface area (Å²) in [5, 5.41) is 2.00. The van der Waals surface area contributed by atoms with Gasteiger partial charge in [-0.3, -0.25) is 9.36 Å². The Bertz CT molecular complexity index is 1360. The van der Waals surface area contributed by atoms with Crippen LogP contribution in [0.3, 0.4) is 0 Å². The third-order valence-corrected chi connectivity index (χ3v) is 7.49. The summed E-state index contributed by atoms with van der Waals surface area (Å²) in [6, 6.07) is 7.35. The summed E-state index contributed by atoms with van der Waals surface area (Å²) in [6.45, 7) is 5.11. The van der Waals surface area contributed by atoms with Crippen LogP contribution in [0.25, 0.3) is 20.4 Å². The highest BCUT2D eigenvalue weighted by atomic mass is 35.5. The van der Waals surface area contributed by atoms with Gasteiger partial charge in [0, 0.05) is 27.4 Å². The molecular weight excluding hydrogens is 441 g/mol. The van der Waals surface area contributed by atoms with Crippen LogP contribution in [0.2, 0.25) is 10.0 Å². The van der Waals surface area contributed by atoms with Gasteiger partial charge in [-0.15, -0.1) is 11.3 Å². The summed E-state index contributed by atoms with van der Waals surface area (Å²) >= 11 is 13.7. The molecule has 0 amide bonds. The topological polar surface area (TPSA) is 57.0 Å². The number of rotatable bonds is 3. The van der Waals surface area contributed by atoms with Gasteiger partial charge in [-0.1, -0.05) is 36.2 Å². The van der Waals surface area contributed by atoms with Crippen LogP contribution in [0.5, 0.6) is 0 Å². The Morgan fingerprint density at radius 2 is 2.13 bits per heavy atom. The average molecular weight is 460 g/mol. The molecule has 30 heavy (non-hydrogen) atoms. The van der Waals surface area contributed by atoms with Crippen LogP contribution < -0.4 is 5.56 Å². The maximum absolute atomic E-state index is 13.2. The maximum atomic E-state index is 13.2. The van der Waals surface area contributed by atoms with Crippen LogP contribution >= 0.6 is 34.5 Å². The van der Waals surface area contributed by atoms with Gasteiger partial charge in [-0.25, -0.2) is 9.97 Å². The van der Waals surface area contributed by atoms with E-state index in [-0.39, 0.29) is 11.2 Å². The predicted molar refractivity (Wildman–Crippen MR) is 122 cm³/mol. The number of thiophene rings is 1. The van der Waals surface area contributed by atoms with E-state index in [1.165, 1.54) is 11.3 Å². The molecule has 0 saturated heterocycles. The molecule has 1 aromatic carbocycles. The van der Waals surface area contributed by atoms with Gasteiger partial charge in [0.15, 0.2) is 0 Å². The number of nitrogens with zero attached hydrogens (tertiary/aromatic N) is 3. The van der Waals surface area contributed by atoms with Crippen molar-refractivity contribution in [2.24, 2.45) is 0 Å². The second kappa shape index (κ2) is 7.31. The summed E-state index contributed by atoms with van der Waals surface area (Å²) in [7, 11) is 0. The third kappa shape index (κ3) is 3.32. The van der Waals surface area contributed by atoms with Crippen molar-refractivity contribution in [1.29, 1.82) is 0 Å². The first-order valence-electron chi connectivity index (χ1n) is 9.75. The minimum absolute atomic E-state index is 0.0957. The Balaban J connectivity index is 1.60. The lowest BCUT2D eigenvalue weighted by atomic mass is 9.91. The Morgan fingerprint density at radius 3 is 2.90 bits per heavy atom. The van der Waals surface area contributed by atoms with Crippen molar-refractivity contribution in [3.05, 3.63) is 67.8 Å². The molecular formula is C22H19Cl2N3O2S. The third-order valence-electron chi connectivity index (χ3n) is 5.83. The lowest BCUT2D eigenvalue weighted by Gasteiger charge is -2.33. The van der Waals surface area contributed by atoms with E-state index in [1.807, 2.05) is 6.07 Å². The minimum atomic E-state index is -0.187. The number of ether oxygens (including phenoxy) is 1. The highest BCUT2D eigenvalue weighted by Gasteiger charge is 2.31. The van der Waals surface area contributed by atoms with E-state index in [0.717, 1.165) is 39.9 Å². The molecule has 0 bridgehead atoms. The highest BCUT2D eigenvalue weighted by Crippen LogP contribution is 2.35. The van der Waals surface area contributed by atoms with Crippen LogP contribution in [-0.4, -0.2) is 20.1 Å². The van der Waals surface area contributed by atoms with E-state index in [2.05, 4.69) is 24.9 Å². The van der Waals surface area contributed by atoms with E-state index >= 15 is 0 Å². The zero-order valence-corrected chi connectivity index (χ0v) is 18.9. The molecule has 0 aliphatic carbocycles. The number of aromatic nitrogens is 3. The van der Waals surface area contributed by atoms with Gasteiger partial charge in [0.05, 0.1) is 36.3 Å². The van der Waals surface area contributed by atoms with Gasteiger partial charge in [-0.2, -0.15) is 0 Å². The first-order valence-corrected chi connectivity index (χ1v) is 11.3. The first-order chi connectivity index (χ1) is 14.4. The van der Waals surface area contributed by atoms with E-state index in [9.17, 15) is 4.79 Å². The molecule has 154 valence electrons. The monoisotopic (exact) mass is 459 g/mol. The number of hydrogen-bond acceptors (Lipinski definition) is 5. The second-order valence-electron chi connectivity index (χ2n) is 7.91. The Kier molecular flexibility index (Phi) is 4.86.